The molecule has 0 aliphatic heterocycles. The van der Waals surface area contributed by atoms with Crippen molar-refractivity contribution >= 4 is 6.08 Å². The molecule has 0 spiro atoms. The molecule has 0 saturated heterocycles. The Hall–Kier alpha value is -1.71. The largest absolute Gasteiger partial charge is 0.493 e. The summed E-state index contributed by atoms with van der Waals surface area (Å²) in [6.07, 6.45) is 1.77. The molecule has 0 aliphatic rings. The third-order valence-corrected chi connectivity index (χ3v) is 1.94. The number of methoxy groups -OCH3 is 3. The minimum Gasteiger partial charge on any atom is -0.493 e. The van der Waals surface area contributed by atoms with E-state index in [1.54, 1.807) is 12.1 Å². The van der Waals surface area contributed by atoms with Gasteiger partial charge in [0, 0.05) is 0 Å². The van der Waals surface area contributed by atoms with Crippen LogP contribution in [0.2, 0.25) is 0 Å². The Bertz CT molecular complexity index is 336. The van der Waals surface area contributed by atoms with Gasteiger partial charge in [0.1, 0.15) is 0 Å². The Balaban J connectivity index is 3.28. The molecule has 0 aliphatic carbocycles. The molecule has 1 rings (SSSR count). The van der Waals surface area contributed by atoms with Gasteiger partial charge >= 0.3 is 0 Å². The van der Waals surface area contributed by atoms with Crippen molar-refractivity contribution in [2.75, 3.05) is 21.3 Å². The van der Waals surface area contributed by atoms with E-state index in [1.165, 1.54) is 27.4 Å². The number of hydrogen-bond donors (Lipinski definition) is 0. The Morgan fingerprint density at radius 2 is 1.53 bits per heavy atom. The van der Waals surface area contributed by atoms with Crippen molar-refractivity contribution in [1.29, 1.82) is 0 Å². The average Bonchev–Trinajstić information content (AvgIpc) is 2.28. The van der Waals surface area contributed by atoms with E-state index < -0.39 is 0 Å². The van der Waals surface area contributed by atoms with E-state index in [9.17, 15) is 4.39 Å². The lowest BCUT2D eigenvalue weighted by molar-refractivity contribution is 0.324. The zero-order valence-corrected chi connectivity index (χ0v) is 8.91. The highest BCUT2D eigenvalue weighted by molar-refractivity contribution is 5.61. The summed E-state index contributed by atoms with van der Waals surface area (Å²) in [6, 6.07) is 3.33. The summed E-state index contributed by atoms with van der Waals surface area (Å²) >= 11 is 0. The van der Waals surface area contributed by atoms with E-state index in [0.717, 1.165) is 0 Å². The fraction of sp³-hybridized carbons (Fsp3) is 0.273. The topological polar surface area (TPSA) is 27.7 Å². The molecular weight excluding hydrogens is 199 g/mol. The molecule has 4 heteroatoms. The zero-order chi connectivity index (χ0) is 11.3. The maximum absolute atomic E-state index is 12.0. The highest BCUT2D eigenvalue weighted by atomic mass is 19.1. The fourth-order valence-electron chi connectivity index (χ4n) is 1.27. The van der Waals surface area contributed by atoms with Gasteiger partial charge in [0.25, 0.3) is 0 Å². The van der Waals surface area contributed by atoms with Crippen molar-refractivity contribution in [3.05, 3.63) is 24.0 Å². The molecule has 0 radical (unpaired) electrons. The second kappa shape index (κ2) is 5.24. The number of rotatable bonds is 4. The lowest BCUT2D eigenvalue weighted by Crippen LogP contribution is -1.95. The van der Waals surface area contributed by atoms with E-state index in [2.05, 4.69) is 0 Å². The first-order valence-corrected chi connectivity index (χ1v) is 4.33. The van der Waals surface area contributed by atoms with Crippen LogP contribution in [0.5, 0.6) is 17.2 Å². The van der Waals surface area contributed by atoms with Gasteiger partial charge in [-0.3, -0.25) is 0 Å². The number of benzene rings is 1. The van der Waals surface area contributed by atoms with Crippen LogP contribution in [0.4, 0.5) is 4.39 Å². The maximum atomic E-state index is 12.0. The summed E-state index contributed by atoms with van der Waals surface area (Å²) in [5, 5.41) is 0. The van der Waals surface area contributed by atoms with Gasteiger partial charge in [0.15, 0.2) is 11.5 Å². The first-order chi connectivity index (χ1) is 7.26. The molecule has 0 aromatic heterocycles. The molecular formula is C11H13FO3. The Kier molecular flexibility index (Phi) is 3.97. The summed E-state index contributed by atoms with van der Waals surface area (Å²) < 4.78 is 27.4. The molecule has 15 heavy (non-hydrogen) atoms. The smallest absolute Gasteiger partial charge is 0.203 e. The van der Waals surface area contributed by atoms with E-state index in [1.807, 2.05) is 0 Å². The number of hydrogen-bond acceptors (Lipinski definition) is 3. The van der Waals surface area contributed by atoms with Crippen molar-refractivity contribution in [2.24, 2.45) is 0 Å². The van der Waals surface area contributed by atoms with Crippen molar-refractivity contribution in [3.63, 3.8) is 0 Å². The zero-order valence-electron chi connectivity index (χ0n) is 8.91. The Morgan fingerprint density at radius 1 is 1.00 bits per heavy atom. The first kappa shape index (κ1) is 11.4. The van der Waals surface area contributed by atoms with Crippen LogP contribution in [0.25, 0.3) is 6.08 Å². The lowest BCUT2D eigenvalue weighted by Gasteiger charge is -2.12. The van der Waals surface area contributed by atoms with Crippen molar-refractivity contribution < 1.29 is 18.6 Å². The summed E-state index contributed by atoms with van der Waals surface area (Å²) in [6.45, 7) is 0. The third-order valence-electron chi connectivity index (χ3n) is 1.94. The Labute approximate surface area is 88.1 Å². The van der Waals surface area contributed by atoms with Crippen molar-refractivity contribution in [3.8, 4) is 17.2 Å². The van der Waals surface area contributed by atoms with Crippen LogP contribution >= 0.6 is 0 Å². The standard InChI is InChI=1S/C11H13FO3/c1-13-9-6-8(4-5-12)7-10(14-2)11(9)15-3/h4-7H,1-3H3. The molecule has 82 valence electrons. The van der Waals surface area contributed by atoms with Gasteiger partial charge in [-0.1, -0.05) is 0 Å². The number of halogens is 1. The van der Waals surface area contributed by atoms with E-state index in [-0.39, 0.29) is 0 Å². The minimum atomic E-state index is 0.459. The molecule has 0 atom stereocenters. The molecule has 3 nitrogen and oxygen atoms in total. The molecule has 0 heterocycles. The highest BCUT2D eigenvalue weighted by Crippen LogP contribution is 2.38. The van der Waals surface area contributed by atoms with Gasteiger partial charge in [-0.2, -0.15) is 0 Å². The van der Waals surface area contributed by atoms with Crippen molar-refractivity contribution in [2.45, 2.75) is 0 Å². The van der Waals surface area contributed by atoms with E-state index in [4.69, 9.17) is 14.2 Å². The summed E-state index contributed by atoms with van der Waals surface area (Å²) in [4.78, 5) is 0. The fourth-order valence-corrected chi connectivity index (χ4v) is 1.27. The molecule has 1 aromatic carbocycles. The second-order valence-corrected chi connectivity index (χ2v) is 2.75. The minimum absolute atomic E-state index is 0.459. The second-order valence-electron chi connectivity index (χ2n) is 2.75. The van der Waals surface area contributed by atoms with Gasteiger partial charge < -0.3 is 14.2 Å². The van der Waals surface area contributed by atoms with Gasteiger partial charge in [-0.15, -0.1) is 0 Å². The first-order valence-electron chi connectivity index (χ1n) is 4.33. The summed E-state index contributed by atoms with van der Waals surface area (Å²) in [5.74, 6) is 1.51. The van der Waals surface area contributed by atoms with Crippen LogP contribution in [0.3, 0.4) is 0 Å². The van der Waals surface area contributed by atoms with Crippen LogP contribution < -0.4 is 14.2 Å². The van der Waals surface area contributed by atoms with Crippen LogP contribution in [0, 0.1) is 0 Å². The molecule has 1 aromatic rings. The molecule has 0 bridgehead atoms. The van der Waals surface area contributed by atoms with Crippen LogP contribution in [0.15, 0.2) is 18.5 Å². The average molecular weight is 212 g/mol. The highest BCUT2D eigenvalue weighted by Gasteiger charge is 2.11. The summed E-state index contributed by atoms with van der Waals surface area (Å²) in [7, 11) is 4.55. The SMILES string of the molecule is COc1cc(C=CF)cc(OC)c1OC. The van der Waals surface area contributed by atoms with Crippen LogP contribution in [-0.4, -0.2) is 21.3 Å². The van der Waals surface area contributed by atoms with Crippen molar-refractivity contribution in [1.82, 2.24) is 0 Å². The quantitative estimate of drug-likeness (QED) is 0.767. The molecule has 0 unspecified atom stereocenters. The third kappa shape index (κ3) is 2.40. The van der Waals surface area contributed by atoms with E-state index >= 15 is 0 Å². The van der Waals surface area contributed by atoms with Crippen LogP contribution in [-0.2, 0) is 0 Å². The van der Waals surface area contributed by atoms with Gasteiger partial charge in [0.2, 0.25) is 5.75 Å². The van der Waals surface area contributed by atoms with Gasteiger partial charge in [-0.05, 0) is 23.8 Å². The van der Waals surface area contributed by atoms with Gasteiger partial charge in [-0.25, -0.2) is 4.39 Å². The normalized spacial score (nSPS) is 10.4. The van der Waals surface area contributed by atoms with Crippen LogP contribution in [0.1, 0.15) is 5.56 Å². The monoisotopic (exact) mass is 212 g/mol. The lowest BCUT2D eigenvalue weighted by atomic mass is 10.2. The Morgan fingerprint density at radius 3 is 1.87 bits per heavy atom. The van der Waals surface area contributed by atoms with E-state index in [0.29, 0.717) is 29.1 Å². The summed E-state index contributed by atoms with van der Waals surface area (Å²) in [5.41, 5.74) is 0.645. The maximum Gasteiger partial charge on any atom is 0.203 e. The predicted octanol–water partition coefficient (Wildman–Crippen LogP) is 2.65. The molecule has 0 amide bonds. The predicted molar refractivity (Wildman–Crippen MR) is 56.2 cm³/mol. The molecule has 0 N–H and O–H groups in total. The molecule has 0 fully saturated rings. The van der Waals surface area contributed by atoms with Gasteiger partial charge in [0.05, 0.1) is 27.7 Å². The number of ether oxygens (including phenoxy) is 3. The molecule has 0 saturated carbocycles.